The van der Waals surface area contributed by atoms with Crippen molar-refractivity contribution in [3.63, 3.8) is 0 Å². The van der Waals surface area contributed by atoms with Crippen LogP contribution in [0.2, 0.25) is 0 Å². The Bertz CT molecular complexity index is 1000. The molecule has 1 N–H and O–H groups in total. The quantitative estimate of drug-likeness (QED) is 0.586. The van der Waals surface area contributed by atoms with Crippen LogP contribution in [0.3, 0.4) is 0 Å². The molecule has 0 aliphatic carbocycles. The number of pyridine rings is 1. The lowest BCUT2D eigenvalue weighted by molar-refractivity contribution is 0.0603. The Kier molecular flexibility index (Phi) is 3.83. The maximum Gasteiger partial charge on any atom is 0.338 e. The standard InChI is InChI=1S/C15H13N3O4S/c1-3-18-12-11(13(19)17-15(18)23)8(14(20)21-2)7-9(16-12)10-5-4-6-22-10/h4-7H,3H2,1-2H3,(H,17,19,23). The van der Waals surface area contributed by atoms with Gasteiger partial charge in [-0.05, 0) is 37.3 Å². The first-order valence-corrected chi connectivity index (χ1v) is 7.27. The minimum atomic E-state index is -0.629. The summed E-state index contributed by atoms with van der Waals surface area (Å²) >= 11 is 5.17. The molecule has 23 heavy (non-hydrogen) atoms. The molecule has 8 heteroatoms. The fraction of sp³-hybridized carbons (Fsp3) is 0.200. The molecule has 0 saturated heterocycles. The highest BCUT2D eigenvalue weighted by atomic mass is 32.1. The fourth-order valence-corrected chi connectivity index (χ4v) is 2.70. The van der Waals surface area contributed by atoms with Gasteiger partial charge in [-0.2, -0.15) is 0 Å². The molecule has 7 nitrogen and oxygen atoms in total. The van der Waals surface area contributed by atoms with Crippen molar-refractivity contribution in [1.29, 1.82) is 0 Å². The molecule has 0 aliphatic rings. The molecule has 0 fully saturated rings. The van der Waals surface area contributed by atoms with Gasteiger partial charge in [-0.1, -0.05) is 0 Å². The number of hydrogen-bond acceptors (Lipinski definition) is 6. The highest BCUT2D eigenvalue weighted by Gasteiger charge is 2.20. The average molecular weight is 331 g/mol. The molecule has 3 aromatic heterocycles. The molecule has 118 valence electrons. The predicted molar refractivity (Wildman–Crippen MR) is 85.9 cm³/mol. The highest BCUT2D eigenvalue weighted by Crippen LogP contribution is 2.24. The van der Waals surface area contributed by atoms with E-state index in [9.17, 15) is 9.59 Å². The zero-order valence-electron chi connectivity index (χ0n) is 12.5. The molecule has 0 aliphatic heterocycles. The number of carbonyl (C=O) groups excluding carboxylic acids is 1. The number of aromatic amines is 1. The lowest BCUT2D eigenvalue weighted by atomic mass is 10.1. The summed E-state index contributed by atoms with van der Waals surface area (Å²) in [6.45, 7) is 2.36. The highest BCUT2D eigenvalue weighted by molar-refractivity contribution is 7.71. The van der Waals surface area contributed by atoms with Crippen molar-refractivity contribution in [3.05, 3.63) is 45.2 Å². The van der Waals surface area contributed by atoms with Crippen molar-refractivity contribution >= 4 is 29.2 Å². The van der Waals surface area contributed by atoms with Gasteiger partial charge < -0.3 is 13.7 Å². The smallest absolute Gasteiger partial charge is 0.338 e. The number of esters is 1. The predicted octanol–water partition coefficient (Wildman–Crippen LogP) is 2.52. The second-order valence-corrected chi connectivity index (χ2v) is 5.11. The number of aryl methyl sites for hydroxylation is 1. The van der Waals surface area contributed by atoms with E-state index in [1.165, 1.54) is 19.4 Å². The Labute approximate surface area is 135 Å². The summed E-state index contributed by atoms with van der Waals surface area (Å²) in [5.41, 5.74) is 0.372. The number of H-pyrrole nitrogens is 1. The molecule has 0 unspecified atom stereocenters. The summed E-state index contributed by atoms with van der Waals surface area (Å²) in [4.78, 5) is 31.4. The number of carbonyl (C=O) groups is 1. The monoisotopic (exact) mass is 331 g/mol. The largest absolute Gasteiger partial charge is 0.465 e. The first-order valence-electron chi connectivity index (χ1n) is 6.87. The van der Waals surface area contributed by atoms with Gasteiger partial charge in [0.25, 0.3) is 5.56 Å². The molecule has 0 amide bonds. The SMILES string of the molecule is CCn1c(=S)[nH]c(=O)c2c(C(=O)OC)cc(-c3ccco3)nc21. The maximum atomic E-state index is 12.3. The zero-order chi connectivity index (χ0) is 16.6. The average Bonchev–Trinajstić information content (AvgIpc) is 3.07. The molecular weight excluding hydrogens is 318 g/mol. The van der Waals surface area contributed by atoms with E-state index < -0.39 is 11.5 Å². The van der Waals surface area contributed by atoms with Crippen molar-refractivity contribution in [2.45, 2.75) is 13.5 Å². The number of furan rings is 1. The molecular formula is C15H13N3O4S. The number of hydrogen-bond donors (Lipinski definition) is 1. The molecule has 3 rings (SSSR count). The van der Waals surface area contributed by atoms with Gasteiger partial charge in [0.15, 0.2) is 10.5 Å². The minimum Gasteiger partial charge on any atom is -0.465 e. The second kappa shape index (κ2) is 5.81. The lowest BCUT2D eigenvalue weighted by Gasteiger charge is -2.11. The van der Waals surface area contributed by atoms with Crippen LogP contribution in [0.5, 0.6) is 0 Å². The van der Waals surface area contributed by atoms with Crippen molar-refractivity contribution in [2.75, 3.05) is 7.11 Å². The van der Waals surface area contributed by atoms with Crippen LogP contribution in [0.1, 0.15) is 17.3 Å². The maximum absolute atomic E-state index is 12.3. The van der Waals surface area contributed by atoms with Gasteiger partial charge >= 0.3 is 5.97 Å². The van der Waals surface area contributed by atoms with Crippen LogP contribution in [-0.4, -0.2) is 27.6 Å². The van der Waals surface area contributed by atoms with E-state index >= 15 is 0 Å². The number of methoxy groups -OCH3 is 1. The van der Waals surface area contributed by atoms with Crippen molar-refractivity contribution in [3.8, 4) is 11.5 Å². The summed E-state index contributed by atoms with van der Waals surface area (Å²) < 4.78 is 12.0. The minimum absolute atomic E-state index is 0.113. The van der Waals surface area contributed by atoms with Crippen molar-refractivity contribution < 1.29 is 13.9 Å². The van der Waals surface area contributed by atoms with E-state index in [4.69, 9.17) is 21.4 Å². The normalized spacial score (nSPS) is 10.9. The van der Waals surface area contributed by atoms with Crippen molar-refractivity contribution in [1.82, 2.24) is 14.5 Å². The summed E-state index contributed by atoms with van der Waals surface area (Å²) in [6.07, 6.45) is 1.50. The molecule has 0 atom stereocenters. The topological polar surface area (TPSA) is 90.1 Å². The number of nitrogens with zero attached hydrogens (tertiary/aromatic N) is 2. The van der Waals surface area contributed by atoms with E-state index in [0.717, 1.165) is 0 Å². The Morgan fingerprint density at radius 2 is 2.30 bits per heavy atom. The summed E-state index contributed by atoms with van der Waals surface area (Å²) in [7, 11) is 1.25. The van der Waals surface area contributed by atoms with Crippen LogP contribution in [0.4, 0.5) is 0 Å². The van der Waals surface area contributed by atoms with Gasteiger partial charge in [0.1, 0.15) is 11.3 Å². The molecule has 0 saturated carbocycles. The third-order valence-electron chi connectivity index (χ3n) is 3.44. The third kappa shape index (κ3) is 2.46. The number of rotatable bonds is 3. The van der Waals surface area contributed by atoms with Crippen LogP contribution < -0.4 is 5.56 Å². The summed E-state index contributed by atoms with van der Waals surface area (Å²) in [5.74, 6) is -0.151. The van der Waals surface area contributed by atoms with Gasteiger partial charge in [-0.15, -0.1) is 0 Å². The summed E-state index contributed by atoms with van der Waals surface area (Å²) in [5, 5.41) is 0.141. The van der Waals surface area contributed by atoms with E-state index in [1.54, 1.807) is 16.7 Å². The number of aromatic nitrogens is 3. The molecule has 0 bridgehead atoms. The van der Waals surface area contributed by atoms with Crippen LogP contribution in [-0.2, 0) is 11.3 Å². The van der Waals surface area contributed by atoms with E-state index in [2.05, 4.69) is 9.97 Å². The first-order chi connectivity index (χ1) is 11.1. The molecule has 0 spiro atoms. The second-order valence-electron chi connectivity index (χ2n) is 4.73. The molecule has 3 heterocycles. The van der Waals surface area contributed by atoms with Crippen LogP contribution >= 0.6 is 12.2 Å². The first kappa shape index (κ1) is 15.2. The molecule has 0 radical (unpaired) electrons. The fourth-order valence-electron chi connectivity index (χ4n) is 2.39. The lowest BCUT2D eigenvalue weighted by Crippen LogP contribution is -2.19. The van der Waals surface area contributed by atoms with E-state index in [-0.39, 0.29) is 15.7 Å². The number of fused-ring (bicyclic) bond motifs is 1. The van der Waals surface area contributed by atoms with Crippen LogP contribution in [0.15, 0.2) is 33.7 Å². The van der Waals surface area contributed by atoms with Gasteiger partial charge in [0.05, 0.1) is 24.3 Å². The van der Waals surface area contributed by atoms with Gasteiger partial charge in [0.2, 0.25) is 0 Å². The molecule has 3 aromatic rings. The van der Waals surface area contributed by atoms with Gasteiger partial charge in [0, 0.05) is 6.54 Å². The number of ether oxygens (including phenoxy) is 1. The van der Waals surface area contributed by atoms with Gasteiger partial charge in [-0.25, -0.2) is 9.78 Å². The Morgan fingerprint density at radius 1 is 1.52 bits per heavy atom. The Morgan fingerprint density at radius 3 is 2.91 bits per heavy atom. The van der Waals surface area contributed by atoms with Gasteiger partial charge in [-0.3, -0.25) is 9.78 Å². The van der Waals surface area contributed by atoms with Crippen LogP contribution in [0.25, 0.3) is 22.5 Å². The van der Waals surface area contributed by atoms with E-state index in [1.807, 2.05) is 6.92 Å². The number of nitrogens with one attached hydrogen (secondary N) is 1. The molecule has 0 aromatic carbocycles. The third-order valence-corrected chi connectivity index (χ3v) is 3.77. The summed E-state index contributed by atoms with van der Waals surface area (Å²) in [6, 6.07) is 4.90. The van der Waals surface area contributed by atoms with Crippen LogP contribution in [0, 0.1) is 4.77 Å². The van der Waals surface area contributed by atoms with Crippen molar-refractivity contribution in [2.24, 2.45) is 0 Å². The Hall–Kier alpha value is -2.74. The Balaban J connectivity index is 2.50. The van der Waals surface area contributed by atoms with E-state index in [0.29, 0.717) is 23.6 Å². The zero-order valence-corrected chi connectivity index (χ0v) is 13.3.